The fourth-order valence-corrected chi connectivity index (χ4v) is 5.45. The summed E-state index contributed by atoms with van der Waals surface area (Å²) in [4.78, 5) is 26.7. The van der Waals surface area contributed by atoms with Gasteiger partial charge in [-0.2, -0.15) is 4.31 Å². The van der Waals surface area contributed by atoms with E-state index in [9.17, 15) is 22.4 Å². The third-order valence-corrected chi connectivity index (χ3v) is 6.96. The number of nitrogens with zero attached hydrogens (tertiary/aromatic N) is 2. The van der Waals surface area contributed by atoms with Gasteiger partial charge in [0.05, 0.1) is 24.1 Å². The average molecular weight is 434 g/mol. The van der Waals surface area contributed by atoms with Crippen LogP contribution in [0.15, 0.2) is 53.4 Å². The lowest BCUT2D eigenvalue weighted by atomic mass is 10.1. The lowest BCUT2D eigenvalue weighted by Gasteiger charge is -2.37. The monoisotopic (exact) mass is 434 g/mol. The molecule has 1 aliphatic rings. The minimum Gasteiger partial charge on any atom is -0.497 e. The van der Waals surface area contributed by atoms with Gasteiger partial charge in [0.1, 0.15) is 17.6 Å². The van der Waals surface area contributed by atoms with E-state index in [1.165, 1.54) is 43.5 Å². The van der Waals surface area contributed by atoms with E-state index >= 15 is 0 Å². The Balaban J connectivity index is 2.03. The molecule has 0 saturated carbocycles. The van der Waals surface area contributed by atoms with Gasteiger partial charge in [0.15, 0.2) is 0 Å². The number of methoxy groups -OCH3 is 1. The number of halogens is 1. The van der Waals surface area contributed by atoms with Gasteiger partial charge < -0.3 is 4.74 Å². The Morgan fingerprint density at radius 3 is 2.10 bits per heavy atom. The largest absolute Gasteiger partial charge is 0.497 e. The number of carbonyl (C=O) groups excluding carboxylic acids is 2. The fourth-order valence-electron chi connectivity index (χ4n) is 3.52. The van der Waals surface area contributed by atoms with Crippen LogP contribution in [0.3, 0.4) is 0 Å². The number of rotatable bonds is 5. The zero-order valence-corrected chi connectivity index (χ0v) is 17.9. The standard InChI is InChI=1S/C21H23FN2O5S/c1-21(2,3)24(30(27,28)17-11-9-16(29-4)10-12-17)18-13-19(25)23(20(18)26)15-7-5-14(22)6-8-15/h5-12,18H,13H2,1-4H3. The first kappa shape index (κ1) is 21.9. The zero-order valence-electron chi connectivity index (χ0n) is 17.1. The number of anilines is 1. The van der Waals surface area contributed by atoms with Gasteiger partial charge in [-0.3, -0.25) is 9.59 Å². The number of benzene rings is 2. The third kappa shape index (κ3) is 3.95. The molecule has 9 heteroatoms. The van der Waals surface area contributed by atoms with Crippen molar-refractivity contribution in [2.75, 3.05) is 12.0 Å². The van der Waals surface area contributed by atoms with Crippen LogP contribution < -0.4 is 9.64 Å². The van der Waals surface area contributed by atoms with E-state index in [1.807, 2.05) is 0 Å². The summed E-state index contributed by atoms with van der Waals surface area (Å²) in [6, 6.07) is 9.50. The van der Waals surface area contributed by atoms with Gasteiger partial charge in [0.25, 0.3) is 5.91 Å². The Labute approximate surface area is 175 Å². The van der Waals surface area contributed by atoms with E-state index in [0.29, 0.717) is 5.75 Å². The highest BCUT2D eigenvalue weighted by Crippen LogP contribution is 2.34. The van der Waals surface area contributed by atoms with Gasteiger partial charge in [0.2, 0.25) is 15.9 Å². The molecule has 0 radical (unpaired) electrons. The summed E-state index contributed by atoms with van der Waals surface area (Å²) < 4.78 is 46.3. The normalized spacial score (nSPS) is 17.7. The SMILES string of the molecule is COc1ccc(S(=O)(=O)N(C2CC(=O)N(c3ccc(F)cc3)C2=O)C(C)(C)C)cc1. The Morgan fingerprint density at radius 1 is 1.03 bits per heavy atom. The van der Waals surface area contributed by atoms with Gasteiger partial charge in [-0.25, -0.2) is 17.7 Å². The summed E-state index contributed by atoms with van der Waals surface area (Å²) >= 11 is 0. The molecule has 0 spiro atoms. The molecule has 0 bridgehead atoms. The molecule has 1 heterocycles. The third-order valence-electron chi connectivity index (χ3n) is 4.77. The van der Waals surface area contributed by atoms with Crippen molar-refractivity contribution >= 4 is 27.5 Å². The van der Waals surface area contributed by atoms with Crippen molar-refractivity contribution in [3.05, 3.63) is 54.3 Å². The van der Waals surface area contributed by atoms with Gasteiger partial charge >= 0.3 is 0 Å². The van der Waals surface area contributed by atoms with Crippen LogP contribution in [0.2, 0.25) is 0 Å². The molecule has 0 N–H and O–H groups in total. The van der Waals surface area contributed by atoms with E-state index in [1.54, 1.807) is 20.8 Å². The maximum atomic E-state index is 13.5. The number of carbonyl (C=O) groups is 2. The highest BCUT2D eigenvalue weighted by Gasteiger charge is 2.50. The van der Waals surface area contributed by atoms with E-state index in [2.05, 4.69) is 0 Å². The molecular weight excluding hydrogens is 411 g/mol. The van der Waals surface area contributed by atoms with Crippen LogP contribution >= 0.6 is 0 Å². The quantitative estimate of drug-likeness (QED) is 0.676. The zero-order chi connectivity index (χ0) is 22.3. The van der Waals surface area contributed by atoms with E-state index in [0.717, 1.165) is 21.3 Å². The van der Waals surface area contributed by atoms with Crippen molar-refractivity contribution in [2.24, 2.45) is 0 Å². The Hall–Kier alpha value is -2.78. The molecule has 2 aromatic carbocycles. The van der Waals surface area contributed by atoms with Gasteiger partial charge in [0, 0.05) is 5.54 Å². The first-order chi connectivity index (χ1) is 14.0. The van der Waals surface area contributed by atoms with Gasteiger partial charge in [-0.15, -0.1) is 0 Å². The van der Waals surface area contributed by atoms with Crippen molar-refractivity contribution in [1.82, 2.24) is 4.31 Å². The molecule has 160 valence electrons. The molecule has 0 aliphatic carbocycles. The van der Waals surface area contributed by atoms with Crippen LogP contribution in [0.25, 0.3) is 0 Å². The molecule has 1 fully saturated rings. The first-order valence-corrected chi connectivity index (χ1v) is 10.7. The van der Waals surface area contributed by atoms with Crippen LogP contribution in [0.4, 0.5) is 10.1 Å². The second kappa shape index (κ2) is 7.81. The molecule has 3 rings (SSSR count). The molecule has 2 amide bonds. The molecule has 2 aromatic rings. The van der Waals surface area contributed by atoms with Crippen LogP contribution in [0, 0.1) is 5.82 Å². The van der Waals surface area contributed by atoms with Crippen LogP contribution in [-0.4, -0.2) is 43.2 Å². The predicted octanol–water partition coefficient (Wildman–Crippen LogP) is 2.96. The highest BCUT2D eigenvalue weighted by molar-refractivity contribution is 7.89. The Bertz CT molecular complexity index is 1060. The highest BCUT2D eigenvalue weighted by atomic mass is 32.2. The van der Waals surface area contributed by atoms with Crippen molar-refractivity contribution in [3.63, 3.8) is 0 Å². The first-order valence-electron chi connectivity index (χ1n) is 9.28. The molecule has 1 unspecified atom stereocenters. The van der Waals surface area contributed by atoms with Gasteiger partial charge in [-0.05, 0) is 69.3 Å². The summed E-state index contributed by atoms with van der Waals surface area (Å²) in [6.07, 6.45) is -0.303. The lowest BCUT2D eigenvalue weighted by molar-refractivity contribution is -0.122. The number of hydrogen-bond acceptors (Lipinski definition) is 5. The second-order valence-corrected chi connectivity index (χ2v) is 9.73. The number of hydrogen-bond donors (Lipinski definition) is 0. The topological polar surface area (TPSA) is 84.0 Å². The smallest absolute Gasteiger partial charge is 0.252 e. The van der Waals surface area contributed by atoms with E-state index < -0.39 is 39.2 Å². The number of ether oxygens (including phenoxy) is 1. The summed E-state index contributed by atoms with van der Waals surface area (Å²) in [5, 5.41) is 0. The second-order valence-electron chi connectivity index (χ2n) is 7.91. The minimum absolute atomic E-state index is 0.0151. The van der Waals surface area contributed by atoms with Crippen LogP contribution in [-0.2, 0) is 19.6 Å². The number of sulfonamides is 1. The molecule has 30 heavy (non-hydrogen) atoms. The molecule has 1 saturated heterocycles. The Morgan fingerprint density at radius 2 is 1.60 bits per heavy atom. The minimum atomic E-state index is -4.12. The number of imide groups is 1. The molecule has 1 atom stereocenters. The van der Waals surface area contributed by atoms with Crippen molar-refractivity contribution in [2.45, 2.75) is 43.7 Å². The van der Waals surface area contributed by atoms with Crippen LogP contribution in [0.5, 0.6) is 5.75 Å². The molecular formula is C21H23FN2O5S. The maximum Gasteiger partial charge on any atom is 0.252 e. The summed E-state index contributed by atoms with van der Waals surface area (Å²) in [6.45, 7) is 4.98. The lowest BCUT2D eigenvalue weighted by Crippen LogP contribution is -2.54. The summed E-state index contributed by atoms with van der Waals surface area (Å²) in [5.41, 5.74) is -0.789. The summed E-state index contributed by atoms with van der Waals surface area (Å²) in [7, 11) is -2.65. The number of amides is 2. The van der Waals surface area contributed by atoms with Crippen molar-refractivity contribution < 1.29 is 27.1 Å². The van der Waals surface area contributed by atoms with Crippen molar-refractivity contribution in [1.29, 1.82) is 0 Å². The maximum absolute atomic E-state index is 13.5. The summed E-state index contributed by atoms with van der Waals surface area (Å²) in [5.74, 6) is -1.23. The molecule has 1 aliphatic heterocycles. The van der Waals surface area contributed by atoms with Gasteiger partial charge in [-0.1, -0.05) is 0 Å². The Kier molecular flexibility index (Phi) is 5.70. The van der Waals surface area contributed by atoms with E-state index in [4.69, 9.17) is 4.74 Å². The van der Waals surface area contributed by atoms with E-state index in [-0.39, 0.29) is 17.0 Å². The molecule has 0 aromatic heterocycles. The molecule has 7 nitrogen and oxygen atoms in total. The fraction of sp³-hybridized carbons (Fsp3) is 0.333. The van der Waals surface area contributed by atoms with Crippen molar-refractivity contribution in [3.8, 4) is 5.75 Å². The average Bonchev–Trinajstić information content (AvgIpc) is 2.95. The van der Waals surface area contributed by atoms with Crippen LogP contribution in [0.1, 0.15) is 27.2 Å². The predicted molar refractivity (Wildman–Crippen MR) is 109 cm³/mol.